The molecule has 0 bridgehead atoms. The molecular formula is C13H24N2OS. The van der Waals surface area contributed by atoms with Gasteiger partial charge < -0.3 is 10.1 Å². The highest BCUT2D eigenvalue weighted by Gasteiger charge is 2.49. The van der Waals surface area contributed by atoms with Crippen LogP contribution in [0.2, 0.25) is 0 Å². The van der Waals surface area contributed by atoms with Gasteiger partial charge in [0.2, 0.25) is 0 Å². The number of nitrogens with zero attached hydrogens (tertiary/aromatic N) is 1. The summed E-state index contributed by atoms with van der Waals surface area (Å²) in [5, 5.41) is 5.29. The smallest absolute Gasteiger partial charge is 0.157 e. The molecular weight excluding hydrogens is 232 g/mol. The summed E-state index contributed by atoms with van der Waals surface area (Å²) in [4.78, 5) is 4.88. The minimum atomic E-state index is 0.175. The standard InChI is InChI=1S/C13H24N2OS/c1-8-6-9(2)17-12(14-8)15-10-7-11(16-5)13(10,3)4/h8-11H,6-7H2,1-5H3,(H,14,15). The average Bonchev–Trinajstić information content (AvgIpc) is 2.22. The minimum absolute atomic E-state index is 0.175. The molecule has 4 atom stereocenters. The molecule has 1 heterocycles. The highest BCUT2D eigenvalue weighted by atomic mass is 32.2. The predicted octanol–water partition coefficient (Wildman–Crippen LogP) is 2.66. The second-order valence-electron chi connectivity index (χ2n) is 5.94. The fourth-order valence-corrected chi connectivity index (χ4v) is 3.96. The molecule has 1 aliphatic carbocycles. The van der Waals surface area contributed by atoms with E-state index in [-0.39, 0.29) is 5.41 Å². The van der Waals surface area contributed by atoms with Crippen LogP contribution in [0.15, 0.2) is 4.99 Å². The quantitative estimate of drug-likeness (QED) is 0.824. The van der Waals surface area contributed by atoms with Gasteiger partial charge in [-0.25, -0.2) is 0 Å². The first kappa shape index (κ1) is 13.2. The van der Waals surface area contributed by atoms with Gasteiger partial charge in [-0.3, -0.25) is 4.99 Å². The molecule has 4 unspecified atom stereocenters. The van der Waals surface area contributed by atoms with Crippen molar-refractivity contribution >= 4 is 16.9 Å². The number of hydrogen-bond acceptors (Lipinski definition) is 3. The van der Waals surface area contributed by atoms with E-state index in [1.54, 1.807) is 7.11 Å². The Morgan fingerprint density at radius 2 is 2.06 bits per heavy atom. The van der Waals surface area contributed by atoms with E-state index < -0.39 is 0 Å². The molecule has 4 heteroatoms. The Balaban J connectivity index is 2.01. The van der Waals surface area contributed by atoms with Crippen molar-refractivity contribution in [3.63, 3.8) is 0 Å². The molecule has 17 heavy (non-hydrogen) atoms. The van der Waals surface area contributed by atoms with E-state index in [1.165, 1.54) is 6.42 Å². The van der Waals surface area contributed by atoms with E-state index in [0.717, 1.165) is 11.6 Å². The van der Waals surface area contributed by atoms with Crippen molar-refractivity contribution in [3.8, 4) is 0 Å². The van der Waals surface area contributed by atoms with Crippen LogP contribution in [-0.2, 0) is 4.74 Å². The number of nitrogens with one attached hydrogen (secondary N) is 1. The minimum Gasteiger partial charge on any atom is -0.381 e. The monoisotopic (exact) mass is 256 g/mol. The number of thioether (sulfide) groups is 1. The third-order valence-electron chi connectivity index (χ3n) is 4.05. The second kappa shape index (κ2) is 4.81. The van der Waals surface area contributed by atoms with Crippen molar-refractivity contribution in [2.75, 3.05) is 7.11 Å². The number of hydrogen-bond donors (Lipinski definition) is 1. The van der Waals surface area contributed by atoms with Crippen LogP contribution in [0.5, 0.6) is 0 Å². The van der Waals surface area contributed by atoms with Crippen LogP contribution >= 0.6 is 11.8 Å². The normalized spacial score (nSPS) is 43.0. The molecule has 1 saturated heterocycles. The molecule has 1 N–H and O–H groups in total. The Labute approximate surface area is 109 Å². The lowest BCUT2D eigenvalue weighted by molar-refractivity contribution is -0.0850. The molecule has 0 aromatic rings. The van der Waals surface area contributed by atoms with Gasteiger partial charge in [-0.15, -0.1) is 0 Å². The SMILES string of the molecule is COC1CC(N=C2NC(C)CC(C)S2)C1(C)C. The lowest BCUT2D eigenvalue weighted by Crippen LogP contribution is -2.54. The van der Waals surface area contributed by atoms with Crippen molar-refractivity contribution in [2.45, 2.75) is 64.0 Å². The van der Waals surface area contributed by atoms with Crippen molar-refractivity contribution < 1.29 is 4.74 Å². The zero-order chi connectivity index (χ0) is 12.6. The predicted molar refractivity (Wildman–Crippen MR) is 74.7 cm³/mol. The summed E-state index contributed by atoms with van der Waals surface area (Å²) >= 11 is 1.88. The number of aliphatic imine (C=N–C) groups is 1. The van der Waals surface area contributed by atoms with Gasteiger partial charge in [0.05, 0.1) is 12.1 Å². The average molecular weight is 256 g/mol. The van der Waals surface area contributed by atoms with Crippen LogP contribution in [0, 0.1) is 5.41 Å². The molecule has 0 aromatic carbocycles. The molecule has 2 fully saturated rings. The fourth-order valence-electron chi connectivity index (χ4n) is 2.73. The van der Waals surface area contributed by atoms with Crippen molar-refractivity contribution in [1.82, 2.24) is 5.32 Å². The van der Waals surface area contributed by atoms with Gasteiger partial charge in [0.15, 0.2) is 5.17 Å². The van der Waals surface area contributed by atoms with Crippen LogP contribution in [0.1, 0.15) is 40.5 Å². The maximum atomic E-state index is 5.47. The summed E-state index contributed by atoms with van der Waals surface area (Å²) in [5.74, 6) is 0. The van der Waals surface area contributed by atoms with Crippen LogP contribution in [0.4, 0.5) is 0 Å². The lowest BCUT2D eigenvalue weighted by atomic mass is 9.65. The zero-order valence-electron chi connectivity index (χ0n) is 11.5. The third kappa shape index (κ3) is 2.63. The third-order valence-corrected chi connectivity index (χ3v) is 5.09. The van der Waals surface area contributed by atoms with Crippen molar-refractivity contribution in [3.05, 3.63) is 0 Å². The van der Waals surface area contributed by atoms with Crippen LogP contribution < -0.4 is 5.32 Å². The van der Waals surface area contributed by atoms with E-state index in [1.807, 2.05) is 11.8 Å². The molecule has 1 saturated carbocycles. The van der Waals surface area contributed by atoms with Crippen molar-refractivity contribution in [2.24, 2.45) is 10.4 Å². The molecule has 2 rings (SSSR count). The molecule has 1 aliphatic heterocycles. The maximum absolute atomic E-state index is 5.47. The van der Waals surface area contributed by atoms with Gasteiger partial charge in [-0.05, 0) is 19.8 Å². The first-order valence-corrected chi connectivity index (χ1v) is 7.35. The summed E-state index contributed by atoms with van der Waals surface area (Å²) in [6.07, 6.45) is 2.64. The van der Waals surface area contributed by atoms with Gasteiger partial charge >= 0.3 is 0 Å². The fraction of sp³-hybridized carbons (Fsp3) is 0.923. The van der Waals surface area contributed by atoms with Crippen LogP contribution in [-0.4, -0.2) is 35.7 Å². The molecule has 98 valence electrons. The zero-order valence-corrected chi connectivity index (χ0v) is 12.3. The summed E-state index contributed by atoms with van der Waals surface area (Å²) < 4.78 is 5.47. The van der Waals surface area contributed by atoms with Crippen LogP contribution in [0.25, 0.3) is 0 Å². The highest BCUT2D eigenvalue weighted by molar-refractivity contribution is 8.14. The van der Waals surface area contributed by atoms with E-state index in [9.17, 15) is 0 Å². The topological polar surface area (TPSA) is 33.6 Å². The maximum Gasteiger partial charge on any atom is 0.157 e. The molecule has 3 nitrogen and oxygen atoms in total. The molecule has 0 spiro atoms. The Hall–Kier alpha value is -0.220. The number of ether oxygens (including phenoxy) is 1. The highest BCUT2D eigenvalue weighted by Crippen LogP contribution is 2.45. The summed E-state index contributed by atoms with van der Waals surface area (Å²) in [6, 6.07) is 0.950. The van der Waals surface area contributed by atoms with E-state index in [0.29, 0.717) is 23.4 Å². The van der Waals surface area contributed by atoms with Gasteiger partial charge in [-0.1, -0.05) is 32.5 Å². The van der Waals surface area contributed by atoms with Crippen LogP contribution in [0.3, 0.4) is 0 Å². The Morgan fingerprint density at radius 3 is 2.59 bits per heavy atom. The van der Waals surface area contributed by atoms with Gasteiger partial charge in [0, 0.05) is 23.8 Å². The summed E-state index contributed by atoms with van der Waals surface area (Å²) in [6.45, 7) is 9.01. The summed E-state index contributed by atoms with van der Waals surface area (Å²) in [7, 11) is 1.80. The second-order valence-corrected chi connectivity index (χ2v) is 7.37. The van der Waals surface area contributed by atoms with Gasteiger partial charge in [-0.2, -0.15) is 0 Å². The van der Waals surface area contributed by atoms with Gasteiger partial charge in [0.25, 0.3) is 0 Å². The molecule has 2 aliphatic rings. The van der Waals surface area contributed by atoms with Crippen molar-refractivity contribution in [1.29, 1.82) is 0 Å². The first-order valence-electron chi connectivity index (χ1n) is 6.47. The Bertz CT molecular complexity index is 305. The number of methoxy groups -OCH3 is 1. The summed E-state index contributed by atoms with van der Waals surface area (Å²) in [5.41, 5.74) is 0.175. The lowest BCUT2D eigenvalue weighted by Gasteiger charge is -2.49. The molecule has 0 aromatic heterocycles. The number of rotatable bonds is 2. The molecule has 0 amide bonds. The first-order chi connectivity index (χ1) is 7.93. The van der Waals surface area contributed by atoms with E-state index in [2.05, 4.69) is 33.0 Å². The van der Waals surface area contributed by atoms with E-state index in [4.69, 9.17) is 9.73 Å². The Morgan fingerprint density at radius 1 is 1.35 bits per heavy atom. The molecule has 0 radical (unpaired) electrons. The largest absolute Gasteiger partial charge is 0.381 e. The van der Waals surface area contributed by atoms with Gasteiger partial charge in [0.1, 0.15) is 0 Å². The number of amidine groups is 1. The Kier molecular flexibility index (Phi) is 3.74. The van der Waals surface area contributed by atoms with E-state index >= 15 is 0 Å².